The molecule has 0 aromatic heterocycles. The molecule has 7 heteroatoms. The van der Waals surface area contributed by atoms with E-state index >= 15 is 0 Å². The maximum atomic E-state index is 12.4. The summed E-state index contributed by atoms with van der Waals surface area (Å²) in [6.45, 7) is 4.11. The molecule has 0 radical (unpaired) electrons. The van der Waals surface area contributed by atoms with Gasteiger partial charge >= 0.3 is 0 Å². The summed E-state index contributed by atoms with van der Waals surface area (Å²) < 4.78 is 0. The van der Waals surface area contributed by atoms with Gasteiger partial charge in [0, 0.05) is 30.8 Å². The number of nitrogens with one attached hydrogen (secondary N) is 1. The third-order valence-corrected chi connectivity index (χ3v) is 3.28. The zero-order chi connectivity index (χ0) is 14.9. The van der Waals surface area contributed by atoms with Gasteiger partial charge in [-0.25, -0.2) is 0 Å². The monoisotopic (exact) mass is 277 g/mol. The maximum Gasteiger partial charge on any atom is 0.270 e. The molecule has 7 nitrogen and oxygen atoms in total. The SMILES string of the molecule is Cc1cc(C(=O)N2CCNC(=O)C2C)cc([N+](=O)[O-])c1. The average molecular weight is 277 g/mol. The van der Waals surface area contributed by atoms with Crippen LogP contribution in [0.3, 0.4) is 0 Å². The van der Waals surface area contributed by atoms with E-state index < -0.39 is 11.0 Å². The topological polar surface area (TPSA) is 92.6 Å². The molecule has 106 valence electrons. The number of hydrogen-bond acceptors (Lipinski definition) is 4. The summed E-state index contributed by atoms with van der Waals surface area (Å²) in [6.07, 6.45) is 0. The van der Waals surface area contributed by atoms with Crippen molar-refractivity contribution in [3.63, 3.8) is 0 Å². The fourth-order valence-electron chi connectivity index (χ4n) is 2.22. The van der Waals surface area contributed by atoms with Crippen molar-refractivity contribution in [3.8, 4) is 0 Å². The Morgan fingerprint density at radius 1 is 1.45 bits per heavy atom. The largest absolute Gasteiger partial charge is 0.353 e. The van der Waals surface area contributed by atoms with Gasteiger partial charge in [0.05, 0.1) is 4.92 Å². The Morgan fingerprint density at radius 2 is 2.15 bits per heavy atom. The third-order valence-electron chi connectivity index (χ3n) is 3.28. The Labute approximate surface area is 115 Å². The first-order valence-corrected chi connectivity index (χ1v) is 6.25. The molecule has 1 fully saturated rings. The number of non-ortho nitro benzene ring substituents is 1. The van der Waals surface area contributed by atoms with Gasteiger partial charge in [-0.2, -0.15) is 0 Å². The van der Waals surface area contributed by atoms with Crippen LogP contribution in [0.5, 0.6) is 0 Å². The van der Waals surface area contributed by atoms with Crippen LogP contribution in [0, 0.1) is 17.0 Å². The smallest absolute Gasteiger partial charge is 0.270 e. The fourth-order valence-corrected chi connectivity index (χ4v) is 2.22. The normalized spacial score (nSPS) is 18.6. The molecule has 1 aromatic rings. The molecule has 2 rings (SSSR count). The Balaban J connectivity index is 2.33. The van der Waals surface area contributed by atoms with Gasteiger partial charge in [-0.05, 0) is 25.5 Å². The second kappa shape index (κ2) is 5.28. The van der Waals surface area contributed by atoms with Crippen LogP contribution < -0.4 is 5.32 Å². The Bertz CT molecular complexity index is 585. The third kappa shape index (κ3) is 2.61. The quantitative estimate of drug-likeness (QED) is 0.641. The Morgan fingerprint density at radius 3 is 2.80 bits per heavy atom. The van der Waals surface area contributed by atoms with E-state index in [1.165, 1.54) is 17.0 Å². The van der Waals surface area contributed by atoms with Crippen molar-refractivity contribution in [2.24, 2.45) is 0 Å². The first-order valence-electron chi connectivity index (χ1n) is 6.25. The molecule has 20 heavy (non-hydrogen) atoms. The number of carbonyl (C=O) groups excluding carboxylic acids is 2. The van der Waals surface area contributed by atoms with Gasteiger partial charge in [-0.3, -0.25) is 19.7 Å². The molecule has 0 spiro atoms. The summed E-state index contributed by atoms with van der Waals surface area (Å²) >= 11 is 0. The summed E-state index contributed by atoms with van der Waals surface area (Å²) in [5.41, 5.74) is 0.748. The summed E-state index contributed by atoms with van der Waals surface area (Å²) in [6, 6.07) is 3.67. The number of rotatable bonds is 2. The number of amides is 2. The predicted octanol–water partition coefficient (Wildman–Crippen LogP) is 0.864. The molecule has 0 saturated carbocycles. The summed E-state index contributed by atoms with van der Waals surface area (Å²) in [7, 11) is 0. The summed E-state index contributed by atoms with van der Waals surface area (Å²) in [4.78, 5) is 35.7. The zero-order valence-electron chi connectivity index (χ0n) is 11.3. The second-order valence-corrected chi connectivity index (χ2v) is 4.78. The minimum atomic E-state index is -0.573. The molecule has 1 aliphatic heterocycles. The van der Waals surface area contributed by atoms with Crippen molar-refractivity contribution in [3.05, 3.63) is 39.4 Å². The molecule has 1 unspecified atom stereocenters. The second-order valence-electron chi connectivity index (χ2n) is 4.78. The number of nitrogens with zero attached hydrogens (tertiary/aromatic N) is 2. The van der Waals surface area contributed by atoms with Gasteiger partial charge in [0.25, 0.3) is 11.6 Å². The van der Waals surface area contributed by atoms with Crippen LogP contribution in [0.2, 0.25) is 0 Å². The predicted molar refractivity (Wildman–Crippen MR) is 71.3 cm³/mol. The van der Waals surface area contributed by atoms with Crippen molar-refractivity contribution >= 4 is 17.5 Å². The lowest BCUT2D eigenvalue weighted by Crippen LogP contribution is -2.55. The van der Waals surface area contributed by atoms with E-state index in [1.807, 2.05) is 0 Å². The van der Waals surface area contributed by atoms with E-state index in [1.54, 1.807) is 19.9 Å². The zero-order valence-corrected chi connectivity index (χ0v) is 11.3. The van der Waals surface area contributed by atoms with Crippen molar-refractivity contribution in [1.82, 2.24) is 10.2 Å². The molecule has 2 amide bonds. The molecule has 1 N–H and O–H groups in total. The first-order chi connectivity index (χ1) is 9.40. The van der Waals surface area contributed by atoms with Crippen LogP contribution in [0.25, 0.3) is 0 Å². The van der Waals surface area contributed by atoms with Crippen LogP contribution in [0.15, 0.2) is 18.2 Å². The van der Waals surface area contributed by atoms with Crippen LogP contribution >= 0.6 is 0 Å². The van der Waals surface area contributed by atoms with Gasteiger partial charge < -0.3 is 10.2 Å². The highest BCUT2D eigenvalue weighted by Gasteiger charge is 2.30. The molecule has 0 aliphatic carbocycles. The van der Waals surface area contributed by atoms with E-state index in [9.17, 15) is 19.7 Å². The van der Waals surface area contributed by atoms with E-state index in [0.717, 1.165) is 0 Å². The fraction of sp³-hybridized carbons (Fsp3) is 0.385. The molecule has 1 atom stereocenters. The van der Waals surface area contributed by atoms with Gasteiger partial charge in [0.2, 0.25) is 5.91 Å². The highest BCUT2D eigenvalue weighted by Crippen LogP contribution is 2.19. The van der Waals surface area contributed by atoms with E-state index in [0.29, 0.717) is 18.7 Å². The lowest BCUT2D eigenvalue weighted by Gasteiger charge is -2.32. The van der Waals surface area contributed by atoms with E-state index in [-0.39, 0.29) is 23.1 Å². The summed E-state index contributed by atoms with van der Waals surface area (Å²) in [5, 5.41) is 13.5. The number of aryl methyl sites for hydroxylation is 1. The van der Waals surface area contributed by atoms with Crippen molar-refractivity contribution in [2.75, 3.05) is 13.1 Å². The van der Waals surface area contributed by atoms with Crippen molar-refractivity contribution in [2.45, 2.75) is 19.9 Å². The number of nitro benzene ring substituents is 1. The minimum absolute atomic E-state index is 0.123. The minimum Gasteiger partial charge on any atom is -0.353 e. The van der Waals surface area contributed by atoms with Crippen molar-refractivity contribution in [1.29, 1.82) is 0 Å². The average Bonchev–Trinajstić information content (AvgIpc) is 2.40. The van der Waals surface area contributed by atoms with Crippen LogP contribution in [-0.4, -0.2) is 40.8 Å². The van der Waals surface area contributed by atoms with Gasteiger partial charge in [-0.1, -0.05) is 0 Å². The van der Waals surface area contributed by atoms with Crippen LogP contribution in [-0.2, 0) is 4.79 Å². The molecule has 0 bridgehead atoms. The molecular weight excluding hydrogens is 262 g/mol. The van der Waals surface area contributed by atoms with Gasteiger partial charge in [-0.15, -0.1) is 0 Å². The Kier molecular flexibility index (Phi) is 3.69. The van der Waals surface area contributed by atoms with Crippen LogP contribution in [0.4, 0.5) is 5.69 Å². The Hall–Kier alpha value is -2.44. The highest BCUT2D eigenvalue weighted by molar-refractivity contribution is 5.98. The molecule has 1 aromatic carbocycles. The number of piperazine rings is 1. The van der Waals surface area contributed by atoms with E-state index in [4.69, 9.17) is 0 Å². The van der Waals surface area contributed by atoms with Gasteiger partial charge in [0.1, 0.15) is 6.04 Å². The lowest BCUT2D eigenvalue weighted by atomic mass is 10.1. The summed E-state index contributed by atoms with van der Waals surface area (Å²) in [5.74, 6) is -0.578. The molecular formula is C13H15N3O4. The maximum absolute atomic E-state index is 12.4. The van der Waals surface area contributed by atoms with Gasteiger partial charge in [0.15, 0.2) is 0 Å². The molecule has 1 aliphatic rings. The number of nitro groups is 1. The molecule has 1 heterocycles. The standard InChI is InChI=1S/C13H15N3O4/c1-8-5-10(7-11(6-8)16(19)20)13(18)15-4-3-14-12(17)9(15)2/h5-7,9H,3-4H2,1-2H3,(H,14,17). The lowest BCUT2D eigenvalue weighted by molar-refractivity contribution is -0.384. The first kappa shape index (κ1) is 14.0. The van der Waals surface area contributed by atoms with E-state index in [2.05, 4.69) is 5.32 Å². The number of carbonyl (C=O) groups is 2. The molecule has 1 saturated heterocycles. The van der Waals surface area contributed by atoms with Crippen molar-refractivity contribution < 1.29 is 14.5 Å². The highest BCUT2D eigenvalue weighted by atomic mass is 16.6. The number of hydrogen-bond donors (Lipinski definition) is 1. The van der Waals surface area contributed by atoms with Crippen LogP contribution in [0.1, 0.15) is 22.8 Å². The number of benzene rings is 1.